The van der Waals surface area contributed by atoms with E-state index < -0.39 is 17.7 Å². The van der Waals surface area contributed by atoms with Gasteiger partial charge in [0.1, 0.15) is 11.6 Å². The minimum atomic E-state index is -1.14. The topological polar surface area (TPSA) is 29.5 Å². The number of benzene rings is 1. The molecule has 0 amide bonds. The van der Waals surface area contributed by atoms with Gasteiger partial charge in [0.2, 0.25) is 0 Å². The molecule has 1 N–H and O–H groups in total. The van der Waals surface area contributed by atoms with Gasteiger partial charge in [-0.3, -0.25) is 0 Å². The smallest absolute Gasteiger partial charge is 0.134 e. The Balaban J connectivity index is 2.30. The van der Waals surface area contributed by atoms with E-state index >= 15 is 0 Å². The van der Waals surface area contributed by atoms with Crippen molar-refractivity contribution in [3.05, 3.63) is 34.9 Å². The highest BCUT2D eigenvalue weighted by atomic mass is 19.1. The molecular weight excluding hydrogens is 226 g/mol. The highest BCUT2D eigenvalue weighted by molar-refractivity contribution is 5.28. The van der Waals surface area contributed by atoms with Gasteiger partial charge in [0, 0.05) is 5.92 Å². The normalized spacial score (nSPS) is 26.2. The molecule has 1 aromatic carbocycles. The van der Waals surface area contributed by atoms with Crippen LogP contribution in [0.5, 0.6) is 0 Å². The third-order valence-electron chi connectivity index (χ3n) is 3.29. The molecule has 17 heavy (non-hydrogen) atoms. The summed E-state index contributed by atoms with van der Waals surface area (Å²) < 4.78 is 32.7. The Hall–Kier alpha value is -1.00. The first-order valence-electron chi connectivity index (χ1n) is 5.75. The van der Waals surface area contributed by atoms with Gasteiger partial charge in [-0.25, -0.2) is 8.78 Å². The van der Waals surface area contributed by atoms with Gasteiger partial charge < -0.3 is 9.84 Å². The van der Waals surface area contributed by atoms with Crippen molar-refractivity contribution in [3.8, 4) is 0 Å². The van der Waals surface area contributed by atoms with Crippen molar-refractivity contribution < 1.29 is 18.6 Å². The Labute approximate surface area is 99.2 Å². The minimum Gasteiger partial charge on any atom is -0.388 e. The molecule has 1 aliphatic rings. The molecule has 1 aromatic rings. The lowest BCUT2D eigenvalue weighted by molar-refractivity contribution is 0.0761. The highest BCUT2D eigenvalue weighted by Gasteiger charge is 2.32. The lowest BCUT2D eigenvalue weighted by Crippen LogP contribution is -2.16. The fourth-order valence-electron chi connectivity index (χ4n) is 2.26. The number of aryl methyl sites for hydroxylation is 1. The van der Waals surface area contributed by atoms with Gasteiger partial charge in [-0.15, -0.1) is 0 Å². The fourth-order valence-corrected chi connectivity index (χ4v) is 2.26. The standard InChI is InChI=1S/C13H16F2O2/c1-7-3-4-10(14)11(12(7)15)13(16)9-5-8(2)17-6-9/h3-4,8-9,13,16H,5-6H2,1-2H3. The monoisotopic (exact) mass is 242 g/mol. The zero-order chi connectivity index (χ0) is 12.6. The molecule has 1 heterocycles. The quantitative estimate of drug-likeness (QED) is 0.864. The maximum Gasteiger partial charge on any atom is 0.134 e. The van der Waals surface area contributed by atoms with Gasteiger partial charge in [-0.05, 0) is 31.9 Å². The molecule has 1 saturated heterocycles. The van der Waals surface area contributed by atoms with Crippen molar-refractivity contribution >= 4 is 0 Å². The van der Waals surface area contributed by atoms with E-state index in [1.54, 1.807) is 6.92 Å². The third kappa shape index (κ3) is 2.33. The molecule has 3 atom stereocenters. The van der Waals surface area contributed by atoms with Gasteiger partial charge in [0.25, 0.3) is 0 Å². The summed E-state index contributed by atoms with van der Waals surface area (Å²) in [5.74, 6) is -1.59. The molecule has 1 fully saturated rings. The molecule has 0 bridgehead atoms. The van der Waals surface area contributed by atoms with Crippen molar-refractivity contribution in [2.24, 2.45) is 5.92 Å². The van der Waals surface area contributed by atoms with E-state index in [9.17, 15) is 13.9 Å². The Morgan fingerprint density at radius 3 is 2.71 bits per heavy atom. The van der Waals surface area contributed by atoms with Crippen LogP contribution in [0, 0.1) is 24.5 Å². The summed E-state index contributed by atoms with van der Waals surface area (Å²) in [6.45, 7) is 3.78. The summed E-state index contributed by atoms with van der Waals surface area (Å²) in [5, 5.41) is 10.1. The molecule has 0 aliphatic carbocycles. The number of hydrogen-bond acceptors (Lipinski definition) is 2. The van der Waals surface area contributed by atoms with Crippen molar-refractivity contribution in [3.63, 3.8) is 0 Å². The number of ether oxygens (including phenoxy) is 1. The van der Waals surface area contributed by atoms with E-state index in [0.717, 1.165) is 0 Å². The summed E-state index contributed by atoms with van der Waals surface area (Å²) in [4.78, 5) is 0. The second kappa shape index (κ2) is 4.70. The molecule has 3 unspecified atom stereocenters. The van der Waals surface area contributed by atoms with Crippen LogP contribution in [0.15, 0.2) is 12.1 Å². The van der Waals surface area contributed by atoms with E-state index in [-0.39, 0.29) is 17.6 Å². The molecule has 2 nitrogen and oxygen atoms in total. The van der Waals surface area contributed by atoms with Gasteiger partial charge in [-0.1, -0.05) is 6.07 Å². The summed E-state index contributed by atoms with van der Waals surface area (Å²) in [5.41, 5.74) is 0.111. The highest BCUT2D eigenvalue weighted by Crippen LogP contribution is 2.34. The van der Waals surface area contributed by atoms with Crippen molar-refractivity contribution in [2.75, 3.05) is 6.61 Å². The van der Waals surface area contributed by atoms with Crippen LogP contribution in [0.25, 0.3) is 0 Å². The van der Waals surface area contributed by atoms with Crippen molar-refractivity contribution in [2.45, 2.75) is 32.5 Å². The zero-order valence-corrected chi connectivity index (χ0v) is 9.91. The summed E-state index contributed by atoms with van der Waals surface area (Å²) in [6, 6.07) is 2.56. The number of rotatable bonds is 2. The zero-order valence-electron chi connectivity index (χ0n) is 9.91. The number of aliphatic hydroxyl groups is 1. The first-order chi connectivity index (χ1) is 8.00. The van der Waals surface area contributed by atoms with Crippen molar-refractivity contribution in [1.82, 2.24) is 0 Å². The van der Waals surface area contributed by atoms with Crippen LogP contribution < -0.4 is 0 Å². The third-order valence-corrected chi connectivity index (χ3v) is 3.29. The van der Waals surface area contributed by atoms with E-state index in [0.29, 0.717) is 18.6 Å². The van der Waals surface area contributed by atoms with Crippen LogP contribution in [0.2, 0.25) is 0 Å². The molecule has 1 aliphatic heterocycles. The molecule has 0 spiro atoms. The number of aliphatic hydroxyl groups excluding tert-OH is 1. The molecule has 0 saturated carbocycles. The maximum atomic E-state index is 13.8. The molecule has 4 heteroatoms. The Morgan fingerprint density at radius 2 is 2.12 bits per heavy atom. The summed E-state index contributed by atoms with van der Waals surface area (Å²) in [6.07, 6.45) is -0.487. The largest absolute Gasteiger partial charge is 0.388 e. The van der Waals surface area contributed by atoms with E-state index in [4.69, 9.17) is 4.74 Å². The predicted octanol–water partition coefficient (Wildman–Crippen LogP) is 2.73. The molecule has 0 aromatic heterocycles. The number of hydrogen-bond donors (Lipinski definition) is 1. The van der Waals surface area contributed by atoms with Crippen LogP contribution in [-0.4, -0.2) is 17.8 Å². The predicted molar refractivity (Wildman–Crippen MR) is 59.6 cm³/mol. The molecule has 2 rings (SSSR count). The minimum absolute atomic E-state index is 0.0329. The van der Waals surface area contributed by atoms with Gasteiger partial charge in [-0.2, -0.15) is 0 Å². The van der Waals surface area contributed by atoms with Crippen LogP contribution in [0.1, 0.15) is 30.6 Å². The fraction of sp³-hybridized carbons (Fsp3) is 0.538. The van der Waals surface area contributed by atoms with Crippen LogP contribution in [0.4, 0.5) is 8.78 Å². The lowest BCUT2D eigenvalue weighted by Gasteiger charge is -2.19. The molecule has 94 valence electrons. The SMILES string of the molecule is Cc1ccc(F)c(C(O)C2COC(C)C2)c1F. The van der Waals surface area contributed by atoms with Crippen LogP contribution in [-0.2, 0) is 4.74 Å². The maximum absolute atomic E-state index is 13.8. The van der Waals surface area contributed by atoms with E-state index in [1.807, 2.05) is 6.92 Å². The van der Waals surface area contributed by atoms with Gasteiger partial charge >= 0.3 is 0 Å². The Kier molecular flexibility index (Phi) is 3.45. The number of halogens is 2. The second-order valence-corrected chi connectivity index (χ2v) is 4.68. The average Bonchev–Trinajstić information content (AvgIpc) is 2.71. The van der Waals surface area contributed by atoms with Crippen LogP contribution >= 0.6 is 0 Å². The second-order valence-electron chi connectivity index (χ2n) is 4.68. The lowest BCUT2D eigenvalue weighted by atomic mass is 9.92. The molecular formula is C13H16F2O2. The van der Waals surface area contributed by atoms with Gasteiger partial charge in [0.05, 0.1) is 24.4 Å². The summed E-state index contributed by atoms with van der Waals surface area (Å²) in [7, 11) is 0. The van der Waals surface area contributed by atoms with E-state index in [1.165, 1.54) is 12.1 Å². The van der Waals surface area contributed by atoms with E-state index in [2.05, 4.69) is 0 Å². The van der Waals surface area contributed by atoms with Crippen molar-refractivity contribution in [1.29, 1.82) is 0 Å². The summed E-state index contributed by atoms with van der Waals surface area (Å²) >= 11 is 0. The van der Waals surface area contributed by atoms with Gasteiger partial charge in [0.15, 0.2) is 0 Å². The Morgan fingerprint density at radius 1 is 1.41 bits per heavy atom. The first-order valence-corrected chi connectivity index (χ1v) is 5.75. The first kappa shape index (κ1) is 12.5. The Bertz CT molecular complexity index is 420. The average molecular weight is 242 g/mol. The van der Waals surface area contributed by atoms with Crippen LogP contribution in [0.3, 0.4) is 0 Å². The molecule has 0 radical (unpaired) electrons.